The lowest BCUT2D eigenvalue weighted by Gasteiger charge is -2.34. The van der Waals surface area contributed by atoms with E-state index in [4.69, 9.17) is 0 Å². The molecule has 2 aliphatic rings. The van der Waals surface area contributed by atoms with E-state index in [1.165, 1.54) is 4.90 Å². The summed E-state index contributed by atoms with van der Waals surface area (Å²) in [4.78, 5) is 47.3. The fourth-order valence-electron chi connectivity index (χ4n) is 4.15. The maximum atomic E-state index is 13.1. The van der Waals surface area contributed by atoms with E-state index in [-0.39, 0.29) is 24.7 Å². The van der Waals surface area contributed by atoms with Crippen LogP contribution < -0.4 is 15.1 Å². The van der Waals surface area contributed by atoms with Gasteiger partial charge in [-0.05, 0) is 31.7 Å². The highest BCUT2D eigenvalue weighted by molar-refractivity contribution is 6.27. The third-order valence-electron chi connectivity index (χ3n) is 5.84. The van der Waals surface area contributed by atoms with Crippen molar-refractivity contribution >= 4 is 40.4 Å². The summed E-state index contributed by atoms with van der Waals surface area (Å²) in [5.41, 5.74) is 3.06. The maximum absolute atomic E-state index is 13.1. The Kier molecular flexibility index (Phi) is 5.19. The standard InChI is InChI=1S/C21H25N5O3/c1-22-18(28)6-3-14(13-27)26-16-7-8-23-20-17(25-11-9-24(2)10-12-25)5-4-15(19(16)20)21(26)29/h4-5,7-8,13-14H,3,6,9-12H2,1-2H3,(H,22,28). The van der Waals surface area contributed by atoms with Crippen LogP contribution in [0.2, 0.25) is 0 Å². The molecule has 1 fully saturated rings. The van der Waals surface area contributed by atoms with Crippen molar-refractivity contribution in [3.8, 4) is 0 Å². The number of piperazine rings is 1. The first kappa shape index (κ1) is 19.3. The van der Waals surface area contributed by atoms with Crippen LogP contribution in [0.4, 0.5) is 11.4 Å². The quantitative estimate of drug-likeness (QED) is 0.736. The molecule has 1 unspecified atom stereocenters. The first-order valence-corrected chi connectivity index (χ1v) is 9.89. The molecule has 3 heterocycles. The van der Waals surface area contributed by atoms with Gasteiger partial charge >= 0.3 is 0 Å². The summed E-state index contributed by atoms with van der Waals surface area (Å²) in [7, 11) is 3.67. The van der Waals surface area contributed by atoms with Crippen molar-refractivity contribution in [3.05, 3.63) is 30.0 Å². The number of pyridine rings is 1. The minimum Gasteiger partial charge on any atom is -0.367 e. The Labute approximate surface area is 169 Å². The number of nitrogens with zero attached hydrogens (tertiary/aromatic N) is 4. The van der Waals surface area contributed by atoms with Crippen LogP contribution >= 0.6 is 0 Å². The van der Waals surface area contributed by atoms with Crippen molar-refractivity contribution < 1.29 is 14.4 Å². The minimum absolute atomic E-state index is 0.154. The van der Waals surface area contributed by atoms with Gasteiger partial charge in [0.25, 0.3) is 5.91 Å². The minimum atomic E-state index is -0.690. The van der Waals surface area contributed by atoms with Gasteiger partial charge in [0.15, 0.2) is 0 Å². The van der Waals surface area contributed by atoms with Crippen molar-refractivity contribution in [1.82, 2.24) is 15.2 Å². The first-order chi connectivity index (χ1) is 14.0. The molecule has 2 aliphatic heterocycles. The molecule has 1 aromatic carbocycles. The van der Waals surface area contributed by atoms with Crippen LogP contribution in [-0.2, 0) is 9.59 Å². The molecule has 2 aromatic rings. The van der Waals surface area contributed by atoms with Gasteiger partial charge < -0.3 is 19.9 Å². The molecular formula is C21H25N5O3. The molecule has 1 aromatic heterocycles. The topological polar surface area (TPSA) is 85.8 Å². The smallest absolute Gasteiger partial charge is 0.259 e. The van der Waals surface area contributed by atoms with Crippen molar-refractivity contribution in [1.29, 1.82) is 0 Å². The number of hydrogen-bond donors (Lipinski definition) is 1. The van der Waals surface area contributed by atoms with Crippen LogP contribution in [-0.4, -0.2) is 74.3 Å². The largest absolute Gasteiger partial charge is 0.367 e. The molecule has 0 bridgehead atoms. The van der Waals surface area contributed by atoms with Crippen LogP contribution in [0.15, 0.2) is 24.4 Å². The first-order valence-electron chi connectivity index (χ1n) is 9.89. The van der Waals surface area contributed by atoms with E-state index in [0.29, 0.717) is 11.3 Å². The fourth-order valence-corrected chi connectivity index (χ4v) is 4.15. The Morgan fingerprint density at radius 2 is 1.97 bits per heavy atom. The van der Waals surface area contributed by atoms with Gasteiger partial charge in [-0.15, -0.1) is 0 Å². The third-order valence-corrected chi connectivity index (χ3v) is 5.84. The normalized spacial score (nSPS) is 17.7. The van der Waals surface area contributed by atoms with E-state index in [0.717, 1.165) is 49.1 Å². The van der Waals surface area contributed by atoms with Crippen LogP contribution in [0.1, 0.15) is 23.2 Å². The molecule has 0 radical (unpaired) electrons. The Morgan fingerprint density at radius 3 is 2.66 bits per heavy atom. The number of aldehydes is 1. The monoisotopic (exact) mass is 395 g/mol. The summed E-state index contributed by atoms with van der Waals surface area (Å²) in [6.45, 7) is 3.75. The van der Waals surface area contributed by atoms with E-state index >= 15 is 0 Å². The molecule has 1 atom stereocenters. The molecule has 152 valence electrons. The van der Waals surface area contributed by atoms with Crippen LogP contribution in [0, 0.1) is 0 Å². The molecule has 8 heteroatoms. The zero-order chi connectivity index (χ0) is 20.5. The second kappa shape index (κ2) is 7.79. The predicted molar refractivity (Wildman–Crippen MR) is 111 cm³/mol. The Balaban J connectivity index is 1.72. The second-order valence-corrected chi connectivity index (χ2v) is 7.57. The summed E-state index contributed by atoms with van der Waals surface area (Å²) in [5.74, 6) is -0.366. The number of nitrogens with one attached hydrogen (secondary N) is 1. The molecular weight excluding hydrogens is 370 g/mol. The van der Waals surface area contributed by atoms with E-state index in [1.54, 1.807) is 19.3 Å². The van der Waals surface area contributed by atoms with E-state index in [1.807, 2.05) is 12.1 Å². The summed E-state index contributed by atoms with van der Waals surface area (Å²) < 4.78 is 0. The van der Waals surface area contributed by atoms with Gasteiger partial charge in [0.2, 0.25) is 5.91 Å². The molecule has 1 N–H and O–H groups in total. The summed E-state index contributed by atoms with van der Waals surface area (Å²) in [6.07, 6.45) is 2.90. The van der Waals surface area contributed by atoms with E-state index in [9.17, 15) is 14.4 Å². The molecule has 29 heavy (non-hydrogen) atoms. The number of anilines is 2. The molecule has 0 spiro atoms. The Hall–Kier alpha value is -3.00. The van der Waals surface area contributed by atoms with Gasteiger partial charge in [-0.25, -0.2) is 0 Å². The van der Waals surface area contributed by atoms with Crippen LogP contribution in [0.5, 0.6) is 0 Å². The van der Waals surface area contributed by atoms with E-state index in [2.05, 4.69) is 27.1 Å². The molecule has 2 amide bonds. The van der Waals surface area contributed by atoms with Gasteiger partial charge in [0, 0.05) is 51.2 Å². The molecule has 0 aliphatic carbocycles. The number of carbonyl (C=O) groups is 3. The van der Waals surface area contributed by atoms with Gasteiger partial charge in [0.1, 0.15) is 6.29 Å². The number of aromatic nitrogens is 1. The highest BCUT2D eigenvalue weighted by Crippen LogP contribution is 2.41. The van der Waals surface area contributed by atoms with Gasteiger partial charge in [-0.3, -0.25) is 19.5 Å². The van der Waals surface area contributed by atoms with Crippen molar-refractivity contribution in [2.24, 2.45) is 0 Å². The highest BCUT2D eigenvalue weighted by atomic mass is 16.2. The van der Waals surface area contributed by atoms with Gasteiger partial charge in [-0.1, -0.05) is 0 Å². The number of hydrogen-bond acceptors (Lipinski definition) is 6. The average molecular weight is 395 g/mol. The zero-order valence-corrected chi connectivity index (χ0v) is 16.7. The lowest BCUT2D eigenvalue weighted by Crippen LogP contribution is -2.44. The SMILES string of the molecule is CNC(=O)CCC(C=O)N1C(=O)c2ccc(N3CCN(C)CC3)c3nccc1c23. The Bertz CT molecular complexity index is 968. The number of amides is 2. The fraction of sp³-hybridized carbons (Fsp3) is 0.429. The number of likely N-dealkylation sites (N-methyl/N-ethyl adjacent to an activating group) is 1. The van der Waals surface area contributed by atoms with Crippen LogP contribution in [0.3, 0.4) is 0 Å². The Morgan fingerprint density at radius 1 is 1.21 bits per heavy atom. The average Bonchev–Trinajstić information content (AvgIpc) is 3.03. The van der Waals surface area contributed by atoms with Gasteiger partial charge in [0.05, 0.1) is 28.5 Å². The van der Waals surface area contributed by atoms with Crippen LogP contribution in [0.25, 0.3) is 10.9 Å². The lowest BCUT2D eigenvalue weighted by molar-refractivity contribution is -0.120. The molecule has 8 nitrogen and oxygen atoms in total. The summed E-state index contributed by atoms with van der Waals surface area (Å²) in [6, 6.07) is 4.89. The highest BCUT2D eigenvalue weighted by Gasteiger charge is 2.36. The number of rotatable bonds is 6. The van der Waals surface area contributed by atoms with Crippen molar-refractivity contribution in [2.45, 2.75) is 18.9 Å². The number of carbonyl (C=O) groups excluding carboxylic acids is 3. The van der Waals surface area contributed by atoms with E-state index < -0.39 is 6.04 Å². The molecule has 1 saturated heterocycles. The summed E-state index contributed by atoms with van der Waals surface area (Å²) in [5, 5.41) is 3.35. The second-order valence-electron chi connectivity index (χ2n) is 7.57. The van der Waals surface area contributed by atoms with Gasteiger partial charge in [-0.2, -0.15) is 0 Å². The third kappa shape index (κ3) is 3.33. The molecule has 4 rings (SSSR count). The van der Waals surface area contributed by atoms with Crippen molar-refractivity contribution in [3.63, 3.8) is 0 Å². The zero-order valence-electron chi connectivity index (χ0n) is 16.7. The lowest BCUT2D eigenvalue weighted by atomic mass is 10.1. The maximum Gasteiger partial charge on any atom is 0.259 e. The summed E-state index contributed by atoms with van der Waals surface area (Å²) >= 11 is 0. The molecule has 0 saturated carbocycles. The van der Waals surface area contributed by atoms with Crippen molar-refractivity contribution in [2.75, 3.05) is 50.1 Å². The predicted octanol–water partition coefficient (Wildman–Crippen LogP) is 1.04. The number of benzene rings is 1.